The number of benzene rings is 2. The number of fused-ring (bicyclic) bond motifs is 1. The molecule has 0 unspecified atom stereocenters. The summed E-state index contributed by atoms with van der Waals surface area (Å²) in [4.78, 5) is 38.1. The van der Waals surface area contributed by atoms with E-state index in [0.29, 0.717) is 51.3 Å². The molecule has 42 heavy (non-hydrogen) atoms. The molecule has 2 aromatic carbocycles. The van der Waals surface area contributed by atoms with E-state index in [9.17, 15) is 27.6 Å². The molecule has 0 saturated heterocycles. The number of nitrogens with zero attached hydrogens (tertiary/aromatic N) is 1. The standard InChI is InChI=1S/C30H36F3N3O6/c31-30(32,33)29(39)42-24-11-10-22(28-27(24)35-25(37)20-41-28)12-15-34-16-17-36(23-8-4-5-9-23)26(38)14-19-40-18-13-21-6-2-1-3-7-21/h1-3,6-7,10-11,23,34H,4-5,8-9,12-20H2,(H,35,37). The van der Waals surface area contributed by atoms with Crippen molar-refractivity contribution in [2.24, 2.45) is 0 Å². The average Bonchev–Trinajstić information content (AvgIpc) is 3.50. The number of esters is 1. The molecule has 2 aromatic rings. The van der Waals surface area contributed by atoms with Gasteiger partial charge in [0.25, 0.3) is 5.91 Å². The monoisotopic (exact) mass is 591 g/mol. The van der Waals surface area contributed by atoms with Crippen LogP contribution < -0.4 is 20.1 Å². The van der Waals surface area contributed by atoms with Gasteiger partial charge >= 0.3 is 12.1 Å². The van der Waals surface area contributed by atoms with E-state index >= 15 is 0 Å². The van der Waals surface area contributed by atoms with Crippen LogP contribution in [0.2, 0.25) is 0 Å². The number of alkyl halides is 3. The summed E-state index contributed by atoms with van der Waals surface area (Å²) in [5, 5.41) is 5.75. The van der Waals surface area contributed by atoms with Gasteiger partial charge in [-0.3, -0.25) is 9.59 Å². The van der Waals surface area contributed by atoms with Gasteiger partial charge in [0, 0.05) is 19.1 Å². The summed E-state index contributed by atoms with van der Waals surface area (Å²) in [5.41, 5.74) is 1.71. The van der Waals surface area contributed by atoms with Crippen LogP contribution in [0.1, 0.15) is 43.2 Å². The molecule has 1 saturated carbocycles. The van der Waals surface area contributed by atoms with Crippen molar-refractivity contribution in [3.8, 4) is 11.5 Å². The summed E-state index contributed by atoms with van der Waals surface area (Å²) < 4.78 is 53.7. The van der Waals surface area contributed by atoms with Gasteiger partial charge in [0.1, 0.15) is 5.69 Å². The van der Waals surface area contributed by atoms with E-state index in [-0.39, 0.29) is 30.0 Å². The molecule has 1 aliphatic heterocycles. The number of rotatable bonds is 14. The van der Waals surface area contributed by atoms with Crippen molar-refractivity contribution in [1.29, 1.82) is 0 Å². The Balaban J connectivity index is 1.25. The first-order valence-corrected chi connectivity index (χ1v) is 14.2. The van der Waals surface area contributed by atoms with Crippen LogP contribution in [0.3, 0.4) is 0 Å². The Morgan fingerprint density at radius 1 is 1.02 bits per heavy atom. The van der Waals surface area contributed by atoms with E-state index < -0.39 is 23.8 Å². The number of nitrogens with one attached hydrogen (secondary N) is 2. The molecule has 0 bridgehead atoms. The van der Waals surface area contributed by atoms with Gasteiger partial charge in [-0.1, -0.05) is 49.2 Å². The zero-order chi connectivity index (χ0) is 30.0. The minimum atomic E-state index is -5.18. The molecule has 12 heteroatoms. The molecule has 2 N–H and O–H groups in total. The van der Waals surface area contributed by atoms with Crippen molar-refractivity contribution < 1.29 is 41.8 Å². The molecule has 4 rings (SSSR count). The van der Waals surface area contributed by atoms with Crippen LogP contribution in [-0.4, -0.2) is 74.4 Å². The first-order valence-electron chi connectivity index (χ1n) is 14.2. The Labute approximate surface area is 242 Å². The predicted molar refractivity (Wildman–Crippen MR) is 148 cm³/mol. The lowest BCUT2D eigenvalue weighted by molar-refractivity contribution is -0.189. The van der Waals surface area contributed by atoms with Crippen LogP contribution >= 0.6 is 0 Å². The summed E-state index contributed by atoms with van der Waals surface area (Å²) >= 11 is 0. The van der Waals surface area contributed by atoms with E-state index in [0.717, 1.165) is 32.1 Å². The van der Waals surface area contributed by atoms with Crippen molar-refractivity contribution in [1.82, 2.24) is 10.2 Å². The van der Waals surface area contributed by atoms with Gasteiger partial charge in [-0.05, 0) is 49.4 Å². The molecule has 0 spiro atoms. The second-order valence-electron chi connectivity index (χ2n) is 10.3. The predicted octanol–water partition coefficient (Wildman–Crippen LogP) is 4.04. The van der Waals surface area contributed by atoms with Gasteiger partial charge < -0.3 is 29.7 Å². The van der Waals surface area contributed by atoms with Gasteiger partial charge in [-0.25, -0.2) is 4.79 Å². The van der Waals surface area contributed by atoms with Crippen LogP contribution in [0, 0.1) is 0 Å². The molecule has 1 fully saturated rings. The fourth-order valence-corrected chi connectivity index (χ4v) is 5.16. The Morgan fingerprint density at radius 3 is 2.52 bits per heavy atom. The van der Waals surface area contributed by atoms with Gasteiger partial charge in [0.15, 0.2) is 18.1 Å². The minimum Gasteiger partial charge on any atom is -0.481 e. The van der Waals surface area contributed by atoms with Crippen LogP contribution in [0.4, 0.5) is 18.9 Å². The fourth-order valence-electron chi connectivity index (χ4n) is 5.16. The SMILES string of the molecule is O=C1COc2c(CCNCCN(C(=O)CCOCCc3ccccc3)C3CCCC3)ccc(OC(=O)C(F)(F)F)c2N1. The zero-order valence-electron chi connectivity index (χ0n) is 23.3. The van der Waals surface area contributed by atoms with Crippen molar-refractivity contribution in [3.05, 3.63) is 53.6 Å². The highest BCUT2D eigenvalue weighted by Gasteiger charge is 2.42. The average molecular weight is 592 g/mol. The lowest BCUT2D eigenvalue weighted by Gasteiger charge is -2.29. The fraction of sp³-hybridized carbons (Fsp3) is 0.500. The van der Waals surface area contributed by atoms with Crippen LogP contribution in [0.5, 0.6) is 11.5 Å². The molecular weight excluding hydrogens is 555 g/mol. The normalized spacial score (nSPS) is 15.1. The summed E-state index contributed by atoms with van der Waals surface area (Å²) in [6.45, 7) is 2.21. The number of hydrogen-bond acceptors (Lipinski definition) is 7. The van der Waals surface area contributed by atoms with E-state index in [2.05, 4.69) is 15.4 Å². The Morgan fingerprint density at radius 2 is 1.79 bits per heavy atom. The van der Waals surface area contributed by atoms with Crippen LogP contribution in [0.15, 0.2) is 42.5 Å². The van der Waals surface area contributed by atoms with Gasteiger partial charge in [-0.2, -0.15) is 13.2 Å². The number of halogens is 3. The van der Waals surface area contributed by atoms with Crippen molar-refractivity contribution >= 4 is 23.5 Å². The Hall–Kier alpha value is -3.64. The van der Waals surface area contributed by atoms with Gasteiger partial charge in [0.2, 0.25) is 5.91 Å². The molecule has 1 aliphatic carbocycles. The van der Waals surface area contributed by atoms with E-state index in [4.69, 9.17) is 9.47 Å². The topological polar surface area (TPSA) is 106 Å². The van der Waals surface area contributed by atoms with Crippen molar-refractivity contribution in [2.75, 3.05) is 44.8 Å². The molecule has 0 aromatic heterocycles. The number of carbonyl (C=O) groups excluding carboxylic acids is 3. The molecule has 2 aliphatic rings. The smallest absolute Gasteiger partial charge is 0.481 e. The van der Waals surface area contributed by atoms with Crippen LogP contribution in [0.25, 0.3) is 0 Å². The lowest BCUT2D eigenvalue weighted by atomic mass is 10.1. The quantitative estimate of drug-likeness (QED) is 0.194. The highest BCUT2D eigenvalue weighted by molar-refractivity contribution is 5.98. The first-order chi connectivity index (χ1) is 20.2. The Bertz CT molecular complexity index is 1220. The second-order valence-corrected chi connectivity index (χ2v) is 10.3. The Kier molecular flexibility index (Phi) is 11.2. The highest BCUT2D eigenvalue weighted by atomic mass is 19.4. The maximum absolute atomic E-state index is 13.1. The van der Waals surface area contributed by atoms with Crippen LogP contribution in [-0.2, 0) is 32.0 Å². The second kappa shape index (κ2) is 15.0. The molecule has 0 atom stereocenters. The van der Waals surface area contributed by atoms with E-state index in [1.54, 1.807) is 0 Å². The lowest BCUT2D eigenvalue weighted by Crippen LogP contribution is -2.43. The van der Waals surface area contributed by atoms with Crippen molar-refractivity contribution in [2.45, 2.75) is 57.2 Å². The largest absolute Gasteiger partial charge is 0.491 e. The van der Waals surface area contributed by atoms with Gasteiger partial charge in [-0.15, -0.1) is 0 Å². The van der Waals surface area contributed by atoms with E-state index in [1.807, 2.05) is 35.2 Å². The van der Waals surface area contributed by atoms with E-state index in [1.165, 1.54) is 17.7 Å². The number of ether oxygens (including phenoxy) is 3. The molecule has 9 nitrogen and oxygen atoms in total. The molecule has 1 heterocycles. The third kappa shape index (κ3) is 8.93. The van der Waals surface area contributed by atoms with Crippen molar-refractivity contribution in [3.63, 3.8) is 0 Å². The third-order valence-electron chi connectivity index (χ3n) is 7.27. The maximum atomic E-state index is 13.1. The molecule has 228 valence electrons. The first kappa shape index (κ1) is 31.3. The molecule has 0 radical (unpaired) electrons. The molecule has 2 amide bonds. The number of amides is 2. The summed E-state index contributed by atoms with van der Waals surface area (Å²) in [6, 6.07) is 13.0. The maximum Gasteiger partial charge on any atom is 0.491 e. The zero-order valence-corrected chi connectivity index (χ0v) is 23.3. The minimum absolute atomic E-state index is 0.0746. The molecular formula is C30H36F3N3O6. The third-order valence-corrected chi connectivity index (χ3v) is 7.27. The summed E-state index contributed by atoms with van der Waals surface area (Å²) in [5.74, 6) is -3.16. The number of anilines is 1. The number of hydrogen-bond donors (Lipinski definition) is 2. The highest BCUT2D eigenvalue weighted by Crippen LogP contribution is 2.40. The van der Waals surface area contributed by atoms with Gasteiger partial charge in [0.05, 0.1) is 19.6 Å². The summed E-state index contributed by atoms with van der Waals surface area (Å²) in [7, 11) is 0. The summed E-state index contributed by atoms with van der Waals surface area (Å²) in [6.07, 6.45) is 0.550. The number of carbonyl (C=O) groups is 3.